The minimum absolute atomic E-state index is 0.0367. The molecule has 1 saturated heterocycles. The number of rotatable bonds is 2. The van der Waals surface area contributed by atoms with Gasteiger partial charge in [0, 0.05) is 37.6 Å². The van der Waals surface area contributed by atoms with Crippen LogP contribution < -0.4 is 0 Å². The summed E-state index contributed by atoms with van der Waals surface area (Å²) in [6, 6.07) is 0. The van der Waals surface area contributed by atoms with Crippen molar-refractivity contribution in [1.82, 2.24) is 19.4 Å². The molecule has 1 unspecified atom stereocenters. The molecule has 0 radical (unpaired) electrons. The van der Waals surface area contributed by atoms with Crippen molar-refractivity contribution >= 4 is 17.2 Å². The number of aromatic nitrogens is 3. The molecular formula is C13H16N4OS. The van der Waals surface area contributed by atoms with E-state index in [1.165, 1.54) is 11.3 Å². The summed E-state index contributed by atoms with van der Waals surface area (Å²) in [6.07, 6.45) is 3.00. The van der Waals surface area contributed by atoms with Crippen LogP contribution in [-0.2, 0) is 7.05 Å². The van der Waals surface area contributed by atoms with Crippen LogP contribution in [0.15, 0.2) is 17.1 Å². The summed E-state index contributed by atoms with van der Waals surface area (Å²) in [5.41, 5.74) is 3.28. The van der Waals surface area contributed by atoms with E-state index in [2.05, 4.69) is 14.5 Å². The van der Waals surface area contributed by atoms with Gasteiger partial charge in [-0.1, -0.05) is 0 Å². The summed E-state index contributed by atoms with van der Waals surface area (Å²) in [5, 5.41) is 1.81. The number of hydrogen-bond acceptors (Lipinski definition) is 4. The maximum Gasteiger partial charge on any atom is 0.273 e. The zero-order valence-electron chi connectivity index (χ0n) is 11.0. The highest BCUT2D eigenvalue weighted by Gasteiger charge is 2.30. The monoisotopic (exact) mass is 276 g/mol. The van der Waals surface area contributed by atoms with Gasteiger partial charge in [0.1, 0.15) is 11.5 Å². The lowest BCUT2D eigenvalue weighted by atomic mass is 10.1. The van der Waals surface area contributed by atoms with E-state index in [1.54, 1.807) is 10.9 Å². The van der Waals surface area contributed by atoms with E-state index >= 15 is 0 Å². The molecule has 1 amide bonds. The third kappa shape index (κ3) is 2.28. The first-order valence-electron chi connectivity index (χ1n) is 6.32. The second kappa shape index (κ2) is 4.77. The molecule has 0 aliphatic carbocycles. The first kappa shape index (κ1) is 12.3. The number of likely N-dealkylation sites (tertiary alicyclic amines) is 1. The third-order valence-electron chi connectivity index (χ3n) is 3.52. The molecule has 5 nitrogen and oxygen atoms in total. The lowest BCUT2D eigenvalue weighted by molar-refractivity contribution is 0.0785. The fourth-order valence-corrected chi connectivity index (χ4v) is 3.18. The van der Waals surface area contributed by atoms with Crippen molar-refractivity contribution in [1.29, 1.82) is 0 Å². The molecule has 1 aliphatic rings. The molecule has 3 heterocycles. The summed E-state index contributed by atoms with van der Waals surface area (Å²) < 4.78 is 2.07. The number of aryl methyl sites for hydroxylation is 2. The van der Waals surface area contributed by atoms with Crippen LogP contribution >= 0.6 is 11.3 Å². The molecule has 3 rings (SSSR count). The lowest BCUT2D eigenvalue weighted by Gasteiger charge is -2.15. The van der Waals surface area contributed by atoms with Gasteiger partial charge in [0.15, 0.2) is 0 Å². The van der Waals surface area contributed by atoms with Crippen molar-refractivity contribution in [2.24, 2.45) is 7.05 Å². The highest BCUT2D eigenvalue weighted by molar-refractivity contribution is 7.07. The largest absolute Gasteiger partial charge is 0.337 e. The topological polar surface area (TPSA) is 51.0 Å². The van der Waals surface area contributed by atoms with Crippen LogP contribution in [0.5, 0.6) is 0 Å². The van der Waals surface area contributed by atoms with Crippen molar-refractivity contribution in [2.75, 3.05) is 13.1 Å². The number of imidazole rings is 1. The molecule has 0 spiro atoms. The first-order chi connectivity index (χ1) is 9.15. The van der Waals surface area contributed by atoms with Crippen LogP contribution in [0.4, 0.5) is 0 Å². The van der Waals surface area contributed by atoms with Crippen LogP contribution in [0, 0.1) is 6.92 Å². The van der Waals surface area contributed by atoms with Gasteiger partial charge < -0.3 is 9.47 Å². The van der Waals surface area contributed by atoms with E-state index in [4.69, 9.17) is 0 Å². The average molecular weight is 276 g/mol. The Morgan fingerprint density at radius 1 is 1.53 bits per heavy atom. The molecule has 0 N–H and O–H groups in total. The Labute approximate surface area is 115 Å². The number of carbonyl (C=O) groups is 1. The maximum atomic E-state index is 12.2. The van der Waals surface area contributed by atoms with Gasteiger partial charge in [-0.3, -0.25) is 4.79 Å². The van der Waals surface area contributed by atoms with E-state index in [0.29, 0.717) is 11.6 Å². The van der Waals surface area contributed by atoms with Crippen molar-refractivity contribution in [3.8, 4) is 0 Å². The van der Waals surface area contributed by atoms with E-state index in [9.17, 15) is 4.79 Å². The Hall–Kier alpha value is -1.69. The van der Waals surface area contributed by atoms with Gasteiger partial charge in [0.25, 0.3) is 5.91 Å². The van der Waals surface area contributed by atoms with Gasteiger partial charge in [0.2, 0.25) is 0 Å². The molecule has 6 heteroatoms. The van der Waals surface area contributed by atoms with Gasteiger partial charge in [-0.25, -0.2) is 9.97 Å². The fraction of sp³-hybridized carbons (Fsp3) is 0.462. The van der Waals surface area contributed by atoms with Gasteiger partial charge in [-0.05, 0) is 13.3 Å². The zero-order valence-corrected chi connectivity index (χ0v) is 11.9. The average Bonchev–Trinajstić information content (AvgIpc) is 3.08. The van der Waals surface area contributed by atoms with Crippen molar-refractivity contribution in [3.05, 3.63) is 34.3 Å². The summed E-state index contributed by atoms with van der Waals surface area (Å²) in [7, 11) is 2.01. The molecule has 2 aromatic rings. The van der Waals surface area contributed by atoms with Crippen molar-refractivity contribution in [3.63, 3.8) is 0 Å². The van der Waals surface area contributed by atoms with E-state index in [0.717, 1.165) is 31.0 Å². The molecule has 2 aromatic heterocycles. The predicted octanol–water partition coefficient (Wildman–Crippen LogP) is 1.81. The van der Waals surface area contributed by atoms with Crippen LogP contribution in [-0.4, -0.2) is 38.4 Å². The zero-order chi connectivity index (χ0) is 13.4. The van der Waals surface area contributed by atoms with Gasteiger partial charge in [0.05, 0.1) is 11.2 Å². The van der Waals surface area contributed by atoms with Crippen LogP contribution in [0.2, 0.25) is 0 Å². The van der Waals surface area contributed by atoms with Gasteiger partial charge in [-0.15, -0.1) is 11.3 Å². The highest BCUT2D eigenvalue weighted by atomic mass is 32.1. The lowest BCUT2D eigenvalue weighted by Crippen LogP contribution is -2.28. The Balaban J connectivity index is 1.74. The molecule has 1 atom stereocenters. The molecule has 0 aromatic carbocycles. The molecule has 1 aliphatic heterocycles. The number of thiazole rings is 1. The Morgan fingerprint density at radius 2 is 2.37 bits per heavy atom. The number of hydrogen-bond donors (Lipinski definition) is 0. The summed E-state index contributed by atoms with van der Waals surface area (Å²) in [4.78, 5) is 22.7. The number of carbonyl (C=O) groups excluding carboxylic acids is 1. The smallest absolute Gasteiger partial charge is 0.273 e. The van der Waals surface area contributed by atoms with E-state index in [1.807, 2.05) is 25.1 Å². The van der Waals surface area contributed by atoms with Crippen molar-refractivity contribution < 1.29 is 4.79 Å². The number of nitrogens with zero attached hydrogens (tertiary/aromatic N) is 4. The Morgan fingerprint density at radius 3 is 3.00 bits per heavy atom. The third-order valence-corrected chi connectivity index (χ3v) is 4.11. The second-order valence-corrected chi connectivity index (χ2v) is 5.68. The molecule has 1 fully saturated rings. The molecular weight excluding hydrogens is 260 g/mol. The Bertz CT molecular complexity index is 590. The molecule has 0 bridgehead atoms. The first-order valence-corrected chi connectivity index (χ1v) is 7.26. The van der Waals surface area contributed by atoms with Gasteiger partial charge in [-0.2, -0.15) is 0 Å². The van der Waals surface area contributed by atoms with Crippen LogP contribution in [0.3, 0.4) is 0 Å². The second-order valence-electron chi connectivity index (χ2n) is 4.96. The molecule has 19 heavy (non-hydrogen) atoms. The minimum Gasteiger partial charge on any atom is -0.337 e. The quantitative estimate of drug-likeness (QED) is 0.840. The van der Waals surface area contributed by atoms with Gasteiger partial charge >= 0.3 is 0 Å². The van der Waals surface area contributed by atoms with E-state index in [-0.39, 0.29) is 5.91 Å². The minimum atomic E-state index is 0.0367. The standard InChI is InChI=1S/C13H16N4OS/c1-9-5-16(2)12(15-9)10-3-4-17(6-10)13(18)11-7-19-8-14-11/h5,7-8,10H,3-4,6H2,1-2H3. The summed E-state index contributed by atoms with van der Waals surface area (Å²) in [5.74, 6) is 1.45. The molecule has 100 valence electrons. The van der Waals surface area contributed by atoms with Crippen molar-refractivity contribution in [2.45, 2.75) is 19.3 Å². The SMILES string of the molecule is Cc1cn(C)c(C2CCN(C(=O)c3cscn3)C2)n1. The Kier molecular flexibility index (Phi) is 3.10. The number of amides is 1. The highest BCUT2D eigenvalue weighted by Crippen LogP contribution is 2.27. The van der Waals surface area contributed by atoms with Crippen LogP contribution in [0.25, 0.3) is 0 Å². The molecule has 0 saturated carbocycles. The maximum absolute atomic E-state index is 12.2. The van der Waals surface area contributed by atoms with E-state index < -0.39 is 0 Å². The van der Waals surface area contributed by atoms with Crippen LogP contribution in [0.1, 0.15) is 34.3 Å². The predicted molar refractivity (Wildman–Crippen MR) is 73.3 cm³/mol. The summed E-state index contributed by atoms with van der Waals surface area (Å²) >= 11 is 1.45. The summed E-state index contributed by atoms with van der Waals surface area (Å²) in [6.45, 7) is 3.52. The normalized spacial score (nSPS) is 19.1. The fourth-order valence-electron chi connectivity index (χ4n) is 2.65.